The number of amides is 1. The lowest BCUT2D eigenvalue weighted by molar-refractivity contribution is 0.0736. The fourth-order valence-corrected chi connectivity index (χ4v) is 3.02. The monoisotopic (exact) mass is 268 g/mol. The highest BCUT2D eigenvalue weighted by Gasteiger charge is 2.28. The Bertz CT molecular complexity index is 626. The molecule has 3 nitrogen and oxygen atoms in total. The third-order valence-electron chi connectivity index (χ3n) is 4.17. The van der Waals surface area contributed by atoms with Crippen molar-refractivity contribution in [3.8, 4) is 0 Å². The molecule has 0 heterocycles. The maximum absolute atomic E-state index is 12.6. The summed E-state index contributed by atoms with van der Waals surface area (Å²) in [5, 5.41) is 2.13. The van der Waals surface area contributed by atoms with Crippen LogP contribution >= 0.6 is 0 Å². The van der Waals surface area contributed by atoms with Crippen molar-refractivity contribution >= 4 is 16.7 Å². The van der Waals surface area contributed by atoms with Crippen molar-refractivity contribution in [2.75, 3.05) is 13.6 Å². The van der Waals surface area contributed by atoms with Crippen LogP contribution in [-0.2, 0) is 0 Å². The van der Waals surface area contributed by atoms with Gasteiger partial charge in [0.15, 0.2) is 0 Å². The topological polar surface area (TPSA) is 46.3 Å². The molecule has 3 heteroatoms. The molecule has 0 saturated heterocycles. The third-order valence-corrected chi connectivity index (χ3v) is 4.17. The minimum absolute atomic E-state index is 0.0993. The summed E-state index contributed by atoms with van der Waals surface area (Å²) in [5.41, 5.74) is 6.59. The molecule has 104 valence electrons. The fourth-order valence-electron chi connectivity index (χ4n) is 3.02. The van der Waals surface area contributed by atoms with Crippen LogP contribution in [0.4, 0.5) is 0 Å². The van der Waals surface area contributed by atoms with E-state index in [9.17, 15) is 4.79 Å². The van der Waals surface area contributed by atoms with E-state index in [2.05, 4.69) is 0 Å². The molecule has 1 aliphatic rings. The summed E-state index contributed by atoms with van der Waals surface area (Å²) >= 11 is 0. The Morgan fingerprint density at radius 1 is 1.20 bits per heavy atom. The molecule has 3 rings (SSSR count). The SMILES string of the molecule is CN(CC1CC(N)C1)C(=O)c1cccc2ccccc12. The molecular formula is C17H20N2O. The van der Waals surface area contributed by atoms with Gasteiger partial charge in [-0.1, -0.05) is 36.4 Å². The van der Waals surface area contributed by atoms with Crippen LogP contribution in [0.15, 0.2) is 42.5 Å². The summed E-state index contributed by atoms with van der Waals surface area (Å²) in [6.07, 6.45) is 2.07. The third kappa shape index (κ3) is 2.41. The van der Waals surface area contributed by atoms with Gasteiger partial charge in [-0.15, -0.1) is 0 Å². The second kappa shape index (κ2) is 5.25. The van der Waals surface area contributed by atoms with Gasteiger partial charge in [0.05, 0.1) is 0 Å². The van der Waals surface area contributed by atoms with Crippen molar-refractivity contribution in [1.29, 1.82) is 0 Å². The lowest BCUT2D eigenvalue weighted by Gasteiger charge is -2.35. The Kier molecular flexibility index (Phi) is 3.45. The van der Waals surface area contributed by atoms with E-state index in [0.717, 1.165) is 35.7 Å². The average Bonchev–Trinajstić information content (AvgIpc) is 2.44. The molecule has 20 heavy (non-hydrogen) atoms. The summed E-state index contributed by atoms with van der Waals surface area (Å²) in [4.78, 5) is 14.4. The summed E-state index contributed by atoms with van der Waals surface area (Å²) in [5.74, 6) is 0.663. The molecule has 2 aromatic carbocycles. The number of carbonyl (C=O) groups excluding carboxylic acids is 1. The fraction of sp³-hybridized carbons (Fsp3) is 0.353. The normalized spacial score (nSPS) is 21.5. The molecule has 1 amide bonds. The van der Waals surface area contributed by atoms with Crippen LogP contribution in [0, 0.1) is 5.92 Å². The van der Waals surface area contributed by atoms with E-state index >= 15 is 0 Å². The van der Waals surface area contributed by atoms with Crippen molar-refractivity contribution < 1.29 is 4.79 Å². The molecule has 1 fully saturated rings. The molecule has 0 aromatic heterocycles. The maximum atomic E-state index is 12.6. The first-order chi connectivity index (χ1) is 9.65. The molecule has 0 aliphatic heterocycles. The number of nitrogens with two attached hydrogens (primary N) is 1. The van der Waals surface area contributed by atoms with Crippen molar-refractivity contribution in [2.24, 2.45) is 11.7 Å². The molecule has 0 atom stereocenters. The summed E-state index contributed by atoms with van der Waals surface area (Å²) in [6, 6.07) is 14.3. The number of carbonyl (C=O) groups is 1. The van der Waals surface area contributed by atoms with E-state index in [-0.39, 0.29) is 5.91 Å². The number of benzene rings is 2. The van der Waals surface area contributed by atoms with Gasteiger partial charge in [0.1, 0.15) is 0 Å². The second-order valence-corrected chi connectivity index (χ2v) is 5.81. The number of hydrogen-bond donors (Lipinski definition) is 1. The Hall–Kier alpha value is -1.87. The molecule has 0 radical (unpaired) electrons. The first-order valence-corrected chi connectivity index (χ1v) is 7.14. The molecule has 0 bridgehead atoms. The largest absolute Gasteiger partial charge is 0.341 e. The Labute approximate surface area is 119 Å². The minimum atomic E-state index is 0.0993. The van der Waals surface area contributed by atoms with E-state index in [1.165, 1.54) is 0 Å². The molecule has 0 spiro atoms. The average molecular weight is 268 g/mol. The predicted octanol–water partition coefficient (Wildman–Crippen LogP) is 2.65. The van der Waals surface area contributed by atoms with Crippen molar-refractivity contribution in [3.05, 3.63) is 48.0 Å². The van der Waals surface area contributed by atoms with Gasteiger partial charge in [0.2, 0.25) is 0 Å². The first-order valence-electron chi connectivity index (χ1n) is 7.14. The zero-order chi connectivity index (χ0) is 14.1. The lowest BCUT2D eigenvalue weighted by Crippen LogP contribution is -2.43. The highest BCUT2D eigenvalue weighted by molar-refractivity contribution is 6.06. The number of nitrogens with zero attached hydrogens (tertiary/aromatic N) is 1. The summed E-state index contributed by atoms with van der Waals surface area (Å²) in [7, 11) is 1.88. The van der Waals surface area contributed by atoms with Gasteiger partial charge in [-0.05, 0) is 35.6 Å². The standard InChI is InChI=1S/C17H20N2O/c1-19(11-12-9-14(18)10-12)17(20)16-8-4-6-13-5-2-3-7-15(13)16/h2-8,12,14H,9-11,18H2,1H3. The van der Waals surface area contributed by atoms with Gasteiger partial charge in [-0.25, -0.2) is 0 Å². The van der Waals surface area contributed by atoms with Gasteiger partial charge in [0.25, 0.3) is 5.91 Å². The van der Waals surface area contributed by atoms with Crippen LogP contribution in [-0.4, -0.2) is 30.4 Å². The van der Waals surface area contributed by atoms with Crippen LogP contribution in [0.2, 0.25) is 0 Å². The van der Waals surface area contributed by atoms with Crippen LogP contribution in [0.5, 0.6) is 0 Å². The van der Waals surface area contributed by atoms with E-state index in [1.54, 1.807) is 0 Å². The second-order valence-electron chi connectivity index (χ2n) is 5.81. The van der Waals surface area contributed by atoms with Crippen LogP contribution in [0.25, 0.3) is 10.8 Å². The molecule has 1 saturated carbocycles. The molecule has 1 aliphatic carbocycles. The van der Waals surface area contributed by atoms with Crippen LogP contribution in [0.3, 0.4) is 0 Å². The van der Waals surface area contributed by atoms with Gasteiger partial charge in [0, 0.05) is 25.2 Å². The zero-order valence-electron chi connectivity index (χ0n) is 11.8. The Balaban J connectivity index is 1.81. The summed E-state index contributed by atoms with van der Waals surface area (Å²) in [6.45, 7) is 0.801. The maximum Gasteiger partial charge on any atom is 0.254 e. The number of rotatable bonds is 3. The zero-order valence-corrected chi connectivity index (χ0v) is 11.8. The Morgan fingerprint density at radius 3 is 2.65 bits per heavy atom. The van der Waals surface area contributed by atoms with Crippen molar-refractivity contribution in [2.45, 2.75) is 18.9 Å². The van der Waals surface area contributed by atoms with E-state index in [1.807, 2.05) is 54.4 Å². The van der Waals surface area contributed by atoms with Crippen LogP contribution < -0.4 is 5.73 Å². The van der Waals surface area contributed by atoms with Gasteiger partial charge in [-0.2, -0.15) is 0 Å². The predicted molar refractivity (Wildman–Crippen MR) is 81.6 cm³/mol. The van der Waals surface area contributed by atoms with E-state index in [4.69, 9.17) is 5.73 Å². The van der Waals surface area contributed by atoms with Gasteiger partial charge in [-0.3, -0.25) is 4.79 Å². The first kappa shape index (κ1) is 13.1. The van der Waals surface area contributed by atoms with Crippen molar-refractivity contribution in [1.82, 2.24) is 4.90 Å². The van der Waals surface area contributed by atoms with Gasteiger partial charge < -0.3 is 10.6 Å². The highest BCUT2D eigenvalue weighted by atomic mass is 16.2. The molecule has 0 unspecified atom stereocenters. The molecule has 2 aromatic rings. The number of hydrogen-bond acceptors (Lipinski definition) is 2. The van der Waals surface area contributed by atoms with Crippen molar-refractivity contribution in [3.63, 3.8) is 0 Å². The minimum Gasteiger partial charge on any atom is -0.341 e. The lowest BCUT2D eigenvalue weighted by atomic mass is 9.80. The van der Waals surface area contributed by atoms with E-state index < -0.39 is 0 Å². The highest BCUT2D eigenvalue weighted by Crippen LogP contribution is 2.27. The molecule has 2 N–H and O–H groups in total. The van der Waals surface area contributed by atoms with E-state index in [0.29, 0.717) is 12.0 Å². The summed E-state index contributed by atoms with van der Waals surface area (Å²) < 4.78 is 0. The van der Waals surface area contributed by atoms with Gasteiger partial charge >= 0.3 is 0 Å². The molecular weight excluding hydrogens is 248 g/mol. The Morgan fingerprint density at radius 2 is 1.90 bits per heavy atom. The smallest absolute Gasteiger partial charge is 0.254 e. The van der Waals surface area contributed by atoms with Crippen LogP contribution in [0.1, 0.15) is 23.2 Å². The quantitative estimate of drug-likeness (QED) is 0.930. The number of fused-ring (bicyclic) bond motifs is 1.